The monoisotopic (exact) mass is 244 g/mol. The van der Waals surface area contributed by atoms with E-state index in [1.165, 1.54) is 16.8 Å². The van der Waals surface area contributed by atoms with Crippen LogP contribution in [0.4, 0.5) is 5.69 Å². The molecule has 0 spiro atoms. The summed E-state index contributed by atoms with van der Waals surface area (Å²) in [5, 5.41) is 3.02. The lowest BCUT2D eigenvalue weighted by molar-refractivity contribution is 0.308. The van der Waals surface area contributed by atoms with Gasteiger partial charge in [0, 0.05) is 12.7 Å². The van der Waals surface area contributed by atoms with Crippen molar-refractivity contribution in [1.82, 2.24) is 5.32 Å². The zero-order chi connectivity index (χ0) is 13.0. The van der Waals surface area contributed by atoms with Gasteiger partial charge in [-0.3, -0.25) is 0 Å². The number of ether oxygens (including phenoxy) is 1. The molecule has 0 fully saturated rings. The molecular formula is C15H20N2O. The summed E-state index contributed by atoms with van der Waals surface area (Å²) in [6.07, 6.45) is 3.67. The third kappa shape index (κ3) is 2.67. The van der Waals surface area contributed by atoms with Crippen molar-refractivity contribution in [3.05, 3.63) is 48.3 Å². The molecule has 0 saturated carbocycles. The minimum atomic E-state index is 0.749. The maximum absolute atomic E-state index is 5.70. The van der Waals surface area contributed by atoms with Crippen LogP contribution in [0.1, 0.15) is 12.5 Å². The number of nitrogens with zero attached hydrogens (tertiary/aromatic N) is 1. The molecule has 0 atom stereocenters. The first-order valence-electron chi connectivity index (χ1n) is 6.22. The van der Waals surface area contributed by atoms with Crippen LogP contribution in [0.25, 0.3) is 0 Å². The molecule has 0 aliphatic carbocycles. The Morgan fingerprint density at radius 3 is 3.17 bits per heavy atom. The predicted molar refractivity (Wildman–Crippen MR) is 76.0 cm³/mol. The standard InChI is InChI=1S/C15H20N2O/c1-4-16-10-12(2)11-17-8-9-18-14-7-5-6-13(3)15(14)17/h4-7,10,16H,1,8-9,11H2,2-3H3/b12-10+. The number of hydrogen-bond donors (Lipinski definition) is 1. The van der Waals surface area contributed by atoms with Gasteiger partial charge in [-0.15, -0.1) is 0 Å². The van der Waals surface area contributed by atoms with Gasteiger partial charge in [0.25, 0.3) is 0 Å². The average Bonchev–Trinajstić information content (AvgIpc) is 2.37. The van der Waals surface area contributed by atoms with Gasteiger partial charge >= 0.3 is 0 Å². The van der Waals surface area contributed by atoms with Crippen LogP contribution in [-0.2, 0) is 0 Å². The van der Waals surface area contributed by atoms with E-state index in [1.807, 2.05) is 18.3 Å². The molecule has 1 aromatic carbocycles. The van der Waals surface area contributed by atoms with E-state index in [1.54, 1.807) is 6.20 Å². The summed E-state index contributed by atoms with van der Waals surface area (Å²) < 4.78 is 5.70. The molecule has 0 unspecified atom stereocenters. The molecular weight excluding hydrogens is 224 g/mol. The predicted octanol–water partition coefficient (Wildman–Crippen LogP) is 2.83. The highest BCUT2D eigenvalue weighted by molar-refractivity contribution is 5.65. The molecule has 0 radical (unpaired) electrons. The van der Waals surface area contributed by atoms with Gasteiger partial charge in [0.05, 0.1) is 12.2 Å². The van der Waals surface area contributed by atoms with Gasteiger partial charge < -0.3 is 15.0 Å². The van der Waals surface area contributed by atoms with Crippen molar-refractivity contribution < 1.29 is 4.74 Å². The minimum absolute atomic E-state index is 0.749. The first-order valence-corrected chi connectivity index (χ1v) is 6.22. The molecule has 18 heavy (non-hydrogen) atoms. The first-order chi connectivity index (χ1) is 8.72. The van der Waals surface area contributed by atoms with Crippen molar-refractivity contribution in [2.24, 2.45) is 0 Å². The van der Waals surface area contributed by atoms with Crippen LogP contribution in [0.5, 0.6) is 5.75 Å². The fraction of sp³-hybridized carbons (Fsp3) is 0.333. The number of hydrogen-bond acceptors (Lipinski definition) is 3. The molecule has 0 saturated heterocycles. The summed E-state index contributed by atoms with van der Waals surface area (Å²) >= 11 is 0. The highest BCUT2D eigenvalue weighted by Gasteiger charge is 2.19. The van der Waals surface area contributed by atoms with Crippen molar-refractivity contribution in [2.75, 3.05) is 24.6 Å². The second-order valence-electron chi connectivity index (χ2n) is 4.55. The van der Waals surface area contributed by atoms with Gasteiger partial charge in [0.15, 0.2) is 0 Å². The summed E-state index contributed by atoms with van der Waals surface area (Å²) in [5.74, 6) is 0.991. The van der Waals surface area contributed by atoms with Crippen molar-refractivity contribution in [1.29, 1.82) is 0 Å². The van der Waals surface area contributed by atoms with Crippen molar-refractivity contribution in [3.8, 4) is 5.75 Å². The lowest BCUT2D eigenvalue weighted by Crippen LogP contribution is -2.34. The van der Waals surface area contributed by atoms with E-state index < -0.39 is 0 Å². The van der Waals surface area contributed by atoms with Crippen LogP contribution in [0.15, 0.2) is 42.8 Å². The van der Waals surface area contributed by atoms with E-state index in [-0.39, 0.29) is 0 Å². The number of nitrogens with one attached hydrogen (secondary N) is 1. The van der Waals surface area contributed by atoms with E-state index >= 15 is 0 Å². The zero-order valence-electron chi connectivity index (χ0n) is 11.1. The molecule has 1 heterocycles. The van der Waals surface area contributed by atoms with Crippen LogP contribution in [-0.4, -0.2) is 19.7 Å². The Hall–Kier alpha value is -1.90. The largest absolute Gasteiger partial charge is 0.490 e. The Balaban J connectivity index is 2.20. The third-order valence-electron chi connectivity index (χ3n) is 3.02. The summed E-state index contributed by atoms with van der Waals surface area (Å²) in [7, 11) is 0. The number of rotatable bonds is 4. The molecule has 2 rings (SSSR count). The summed E-state index contributed by atoms with van der Waals surface area (Å²) in [6, 6.07) is 6.21. The number of anilines is 1. The second kappa shape index (κ2) is 5.63. The lowest BCUT2D eigenvalue weighted by atomic mass is 10.1. The number of fused-ring (bicyclic) bond motifs is 1. The van der Waals surface area contributed by atoms with E-state index in [9.17, 15) is 0 Å². The maximum Gasteiger partial charge on any atom is 0.142 e. The quantitative estimate of drug-likeness (QED) is 0.881. The Bertz CT molecular complexity index is 466. The van der Waals surface area contributed by atoms with Gasteiger partial charge in [-0.25, -0.2) is 0 Å². The van der Waals surface area contributed by atoms with Gasteiger partial charge in [-0.2, -0.15) is 0 Å². The zero-order valence-corrected chi connectivity index (χ0v) is 11.1. The highest BCUT2D eigenvalue weighted by atomic mass is 16.5. The van der Waals surface area contributed by atoms with Crippen LogP contribution < -0.4 is 15.0 Å². The van der Waals surface area contributed by atoms with E-state index in [0.717, 1.165) is 25.4 Å². The van der Waals surface area contributed by atoms with Crippen LogP contribution >= 0.6 is 0 Å². The number of benzene rings is 1. The fourth-order valence-corrected chi connectivity index (χ4v) is 2.24. The van der Waals surface area contributed by atoms with Gasteiger partial charge in [0.1, 0.15) is 12.4 Å². The average molecular weight is 244 g/mol. The van der Waals surface area contributed by atoms with Gasteiger partial charge in [-0.05, 0) is 37.3 Å². The SMILES string of the molecule is C=CN/C=C(\C)CN1CCOc2cccc(C)c21. The fourth-order valence-electron chi connectivity index (χ4n) is 2.24. The third-order valence-corrected chi connectivity index (χ3v) is 3.02. The Morgan fingerprint density at radius 1 is 1.56 bits per heavy atom. The molecule has 0 aromatic heterocycles. The minimum Gasteiger partial charge on any atom is -0.490 e. The topological polar surface area (TPSA) is 24.5 Å². The Kier molecular flexibility index (Phi) is 3.92. The van der Waals surface area contributed by atoms with Gasteiger partial charge in [0.2, 0.25) is 0 Å². The molecule has 1 N–H and O–H groups in total. The van der Waals surface area contributed by atoms with Gasteiger partial charge in [-0.1, -0.05) is 18.7 Å². The molecule has 0 bridgehead atoms. The smallest absolute Gasteiger partial charge is 0.142 e. The highest BCUT2D eigenvalue weighted by Crippen LogP contribution is 2.34. The van der Waals surface area contributed by atoms with Crippen LogP contribution in [0.3, 0.4) is 0 Å². The Labute approximate surface area is 109 Å². The van der Waals surface area contributed by atoms with E-state index in [2.05, 4.69) is 36.7 Å². The summed E-state index contributed by atoms with van der Waals surface area (Å²) in [6.45, 7) is 10.5. The number of aryl methyl sites for hydroxylation is 1. The molecule has 1 aliphatic rings. The maximum atomic E-state index is 5.70. The molecule has 1 aromatic rings. The van der Waals surface area contributed by atoms with E-state index in [0.29, 0.717) is 0 Å². The lowest BCUT2D eigenvalue weighted by Gasteiger charge is -2.32. The van der Waals surface area contributed by atoms with Crippen LogP contribution in [0.2, 0.25) is 0 Å². The Morgan fingerprint density at radius 2 is 2.39 bits per heavy atom. The number of para-hydroxylation sites is 1. The molecule has 3 nitrogen and oxygen atoms in total. The molecule has 0 amide bonds. The first kappa shape index (κ1) is 12.6. The van der Waals surface area contributed by atoms with Crippen molar-refractivity contribution in [2.45, 2.75) is 13.8 Å². The second-order valence-corrected chi connectivity index (χ2v) is 4.55. The van der Waals surface area contributed by atoms with Crippen molar-refractivity contribution >= 4 is 5.69 Å². The summed E-state index contributed by atoms with van der Waals surface area (Å²) in [5.41, 5.74) is 3.75. The molecule has 1 aliphatic heterocycles. The molecule has 96 valence electrons. The van der Waals surface area contributed by atoms with E-state index in [4.69, 9.17) is 4.74 Å². The summed E-state index contributed by atoms with van der Waals surface area (Å²) in [4.78, 5) is 2.37. The normalized spacial score (nSPS) is 14.8. The molecule has 3 heteroatoms. The van der Waals surface area contributed by atoms with Crippen molar-refractivity contribution in [3.63, 3.8) is 0 Å². The van der Waals surface area contributed by atoms with Crippen LogP contribution in [0, 0.1) is 6.92 Å².